The van der Waals surface area contributed by atoms with Crippen molar-refractivity contribution in [3.63, 3.8) is 0 Å². The highest BCUT2D eigenvalue weighted by Gasteiger charge is 2.16. The number of aromatic hydroxyl groups is 1. The number of nitrogens with zero attached hydrogens (tertiary/aromatic N) is 2. The lowest BCUT2D eigenvalue weighted by Crippen LogP contribution is -2.19. The van der Waals surface area contributed by atoms with Crippen molar-refractivity contribution in [2.24, 2.45) is 5.10 Å². The lowest BCUT2D eigenvalue weighted by atomic mass is 10.0. The quantitative estimate of drug-likeness (QED) is 0.348. The summed E-state index contributed by atoms with van der Waals surface area (Å²) in [4.78, 5) is 12.6. The molecule has 0 atom stereocenters. The van der Waals surface area contributed by atoms with Crippen LogP contribution in [0.15, 0.2) is 65.8 Å². The number of aromatic amines is 1. The Kier molecular flexibility index (Phi) is 5.17. The molecule has 0 aliphatic carbocycles. The predicted molar refractivity (Wildman–Crippen MR) is 116 cm³/mol. The van der Waals surface area contributed by atoms with E-state index in [0.717, 1.165) is 22.1 Å². The number of methoxy groups -OCH3 is 1. The largest absolute Gasteiger partial charge is 0.507 e. The number of H-pyrrole nitrogens is 1. The summed E-state index contributed by atoms with van der Waals surface area (Å²) >= 11 is 0. The molecule has 0 unspecified atom stereocenters. The number of ether oxygens (including phenoxy) is 1. The van der Waals surface area contributed by atoms with Crippen LogP contribution in [0.1, 0.15) is 21.6 Å². The highest BCUT2D eigenvalue weighted by Crippen LogP contribution is 2.26. The van der Waals surface area contributed by atoms with Crippen LogP contribution in [-0.4, -0.2) is 34.5 Å². The van der Waals surface area contributed by atoms with E-state index in [9.17, 15) is 9.90 Å². The number of phenols is 1. The van der Waals surface area contributed by atoms with Gasteiger partial charge < -0.3 is 9.84 Å². The molecule has 0 aliphatic heterocycles. The minimum atomic E-state index is -0.421. The summed E-state index contributed by atoms with van der Waals surface area (Å²) in [5, 5.41) is 23.0. The van der Waals surface area contributed by atoms with Crippen molar-refractivity contribution in [2.45, 2.75) is 6.92 Å². The minimum absolute atomic E-state index is 0.0891. The minimum Gasteiger partial charge on any atom is -0.507 e. The van der Waals surface area contributed by atoms with E-state index in [-0.39, 0.29) is 5.75 Å². The highest BCUT2D eigenvalue weighted by atomic mass is 16.5. The Morgan fingerprint density at radius 3 is 2.67 bits per heavy atom. The number of amides is 1. The van der Waals surface area contributed by atoms with Crippen LogP contribution in [0, 0.1) is 6.92 Å². The smallest absolute Gasteiger partial charge is 0.289 e. The molecule has 1 amide bonds. The van der Waals surface area contributed by atoms with Crippen LogP contribution < -0.4 is 10.2 Å². The van der Waals surface area contributed by atoms with Crippen molar-refractivity contribution in [3.05, 3.63) is 77.5 Å². The zero-order chi connectivity index (χ0) is 21.1. The molecule has 3 N–H and O–H groups in total. The number of carbonyl (C=O) groups excluding carboxylic acids is 1. The standard InChI is InChI=1S/C23H20N4O3/c1-14-21(16-7-10-17(30-2)11-8-16)25-26-22(14)23(29)27-24-13-19-18-6-4-3-5-15(18)9-12-20(19)28/h3-13,28H,1-2H3,(H,25,26)(H,27,29). The zero-order valence-electron chi connectivity index (χ0n) is 16.5. The maximum absolute atomic E-state index is 12.6. The number of phenolic OH excluding ortho intramolecular Hbond substituents is 1. The third kappa shape index (κ3) is 3.60. The van der Waals surface area contributed by atoms with E-state index in [4.69, 9.17) is 4.74 Å². The lowest BCUT2D eigenvalue weighted by Gasteiger charge is -2.05. The number of rotatable bonds is 5. The average Bonchev–Trinajstić information content (AvgIpc) is 3.16. The average molecular weight is 400 g/mol. The molecule has 0 radical (unpaired) electrons. The molecule has 150 valence electrons. The molecule has 3 aromatic carbocycles. The third-order valence-corrected chi connectivity index (χ3v) is 4.91. The van der Waals surface area contributed by atoms with Crippen molar-refractivity contribution in [3.8, 4) is 22.8 Å². The molecule has 7 heteroatoms. The van der Waals surface area contributed by atoms with E-state index in [1.165, 1.54) is 6.21 Å². The molecular formula is C23H20N4O3. The Hall–Kier alpha value is -4.13. The van der Waals surface area contributed by atoms with Crippen LogP contribution in [0.25, 0.3) is 22.0 Å². The topological polar surface area (TPSA) is 99.6 Å². The lowest BCUT2D eigenvalue weighted by molar-refractivity contribution is 0.0949. The third-order valence-electron chi connectivity index (χ3n) is 4.91. The van der Waals surface area contributed by atoms with Crippen LogP contribution in [0.4, 0.5) is 0 Å². The summed E-state index contributed by atoms with van der Waals surface area (Å²) in [7, 11) is 1.61. The van der Waals surface area contributed by atoms with Gasteiger partial charge in [0.05, 0.1) is 19.0 Å². The molecule has 1 heterocycles. The fraction of sp³-hybridized carbons (Fsp3) is 0.0870. The first-order chi connectivity index (χ1) is 14.6. The molecular weight excluding hydrogens is 380 g/mol. The van der Waals surface area contributed by atoms with Gasteiger partial charge in [-0.25, -0.2) is 5.43 Å². The van der Waals surface area contributed by atoms with Crippen molar-refractivity contribution < 1.29 is 14.6 Å². The summed E-state index contributed by atoms with van der Waals surface area (Å²) in [5.74, 6) is 0.415. The van der Waals surface area contributed by atoms with Gasteiger partial charge in [-0.1, -0.05) is 30.3 Å². The van der Waals surface area contributed by atoms with E-state index < -0.39 is 5.91 Å². The number of carbonyl (C=O) groups is 1. The Labute approximate surface area is 173 Å². The number of fused-ring (bicyclic) bond motifs is 1. The number of hydrogen-bond acceptors (Lipinski definition) is 5. The second kappa shape index (κ2) is 8.08. The first-order valence-corrected chi connectivity index (χ1v) is 9.32. The Morgan fingerprint density at radius 2 is 1.90 bits per heavy atom. The van der Waals surface area contributed by atoms with Crippen molar-refractivity contribution >= 4 is 22.9 Å². The van der Waals surface area contributed by atoms with E-state index in [1.807, 2.05) is 61.5 Å². The summed E-state index contributed by atoms with van der Waals surface area (Å²) in [5.41, 5.74) is 5.60. The SMILES string of the molecule is COc1ccc(-c2n[nH]c(C(=O)NN=Cc3c(O)ccc4ccccc34)c2C)cc1. The van der Waals surface area contributed by atoms with Gasteiger partial charge in [-0.2, -0.15) is 10.2 Å². The first kappa shape index (κ1) is 19.2. The number of nitrogens with one attached hydrogen (secondary N) is 2. The molecule has 0 saturated carbocycles. The Bertz CT molecular complexity index is 1240. The monoisotopic (exact) mass is 400 g/mol. The van der Waals surface area contributed by atoms with Crippen LogP contribution in [0.2, 0.25) is 0 Å². The molecule has 4 rings (SSSR count). The Balaban J connectivity index is 1.54. The summed E-state index contributed by atoms with van der Waals surface area (Å²) in [6.07, 6.45) is 1.44. The van der Waals surface area contributed by atoms with Crippen LogP contribution in [0.3, 0.4) is 0 Å². The highest BCUT2D eigenvalue weighted by molar-refractivity contribution is 6.03. The van der Waals surface area contributed by atoms with Gasteiger partial charge in [-0.15, -0.1) is 0 Å². The fourth-order valence-corrected chi connectivity index (χ4v) is 3.28. The predicted octanol–water partition coefficient (Wildman–Crippen LogP) is 4.02. The number of hydrogen-bond donors (Lipinski definition) is 3. The van der Waals surface area contributed by atoms with E-state index in [0.29, 0.717) is 22.5 Å². The number of aromatic nitrogens is 2. The van der Waals surface area contributed by atoms with E-state index in [2.05, 4.69) is 20.7 Å². The van der Waals surface area contributed by atoms with Gasteiger partial charge in [-0.3, -0.25) is 9.89 Å². The van der Waals surface area contributed by atoms with Crippen molar-refractivity contribution in [2.75, 3.05) is 7.11 Å². The molecule has 0 saturated heterocycles. The number of hydrazone groups is 1. The molecule has 7 nitrogen and oxygen atoms in total. The van der Waals surface area contributed by atoms with Gasteiger partial charge in [0.2, 0.25) is 0 Å². The molecule has 0 fully saturated rings. The van der Waals surface area contributed by atoms with E-state index >= 15 is 0 Å². The summed E-state index contributed by atoms with van der Waals surface area (Å²) in [6, 6.07) is 18.5. The van der Waals surface area contributed by atoms with Crippen molar-refractivity contribution in [1.29, 1.82) is 0 Å². The molecule has 0 spiro atoms. The van der Waals surface area contributed by atoms with Crippen LogP contribution in [0.5, 0.6) is 11.5 Å². The molecule has 4 aromatic rings. The zero-order valence-corrected chi connectivity index (χ0v) is 16.5. The number of benzene rings is 3. The first-order valence-electron chi connectivity index (χ1n) is 9.32. The van der Waals surface area contributed by atoms with Crippen molar-refractivity contribution in [1.82, 2.24) is 15.6 Å². The molecule has 0 bridgehead atoms. The van der Waals surface area contributed by atoms with Gasteiger partial charge in [0, 0.05) is 16.7 Å². The van der Waals surface area contributed by atoms with Gasteiger partial charge in [0.25, 0.3) is 5.91 Å². The van der Waals surface area contributed by atoms with Crippen LogP contribution >= 0.6 is 0 Å². The fourth-order valence-electron chi connectivity index (χ4n) is 3.28. The normalized spacial score (nSPS) is 11.1. The molecule has 30 heavy (non-hydrogen) atoms. The van der Waals surface area contributed by atoms with Gasteiger partial charge in [0.1, 0.15) is 17.2 Å². The maximum Gasteiger partial charge on any atom is 0.289 e. The molecule has 0 aliphatic rings. The molecule has 1 aromatic heterocycles. The summed E-state index contributed by atoms with van der Waals surface area (Å²) < 4.78 is 5.17. The van der Waals surface area contributed by atoms with E-state index in [1.54, 1.807) is 13.2 Å². The van der Waals surface area contributed by atoms with Crippen LogP contribution in [-0.2, 0) is 0 Å². The second-order valence-electron chi connectivity index (χ2n) is 6.72. The van der Waals surface area contributed by atoms with Gasteiger partial charge in [0.15, 0.2) is 0 Å². The van der Waals surface area contributed by atoms with Gasteiger partial charge in [-0.05, 0) is 48.0 Å². The van der Waals surface area contributed by atoms with Gasteiger partial charge >= 0.3 is 0 Å². The Morgan fingerprint density at radius 1 is 1.13 bits per heavy atom. The maximum atomic E-state index is 12.6. The second-order valence-corrected chi connectivity index (χ2v) is 6.72. The summed E-state index contributed by atoms with van der Waals surface area (Å²) in [6.45, 7) is 1.82.